The second-order valence-electron chi connectivity index (χ2n) is 11.6. The molecule has 0 aromatic rings. The van der Waals surface area contributed by atoms with Crippen molar-refractivity contribution in [3.63, 3.8) is 0 Å². The summed E-state index contributed by atoms with van der Waals surface area (Å²) in [6.07, 6.45) is 12.8. The summed E-state index contributed by atoms with van der Waals surface area (Å²) in [4.78, 5) is 33.0. The minimum atomic E-state index is -0.114. The first kappa shape index (κ1) is 26.3. The zero-order valence-corrected chi connectivity index (χ0v) is 21.8. The highest BCUT2D eigenvalue weighted by molar-refractivity contribution is 5.79. The zero-order valence-electron chi connectivity index (χ0n) is 21.8. The van der Waals surface area contributed by atoms with Crippen molar-refractivity contribution in [2.75, 3.05) is 26.7 Å². The van der Waals surface area contributed by atoms with Crippen LogP contribution in [-0.2, 0) is 19.2 Å². The molecule has 10 heteroatoms. The number of carbonyl (C=O) groups excluding carboxylic acids is 2. The van der Waals surface area contributed by atoms with Gasteiger partial charge in [0.1, 0.15) is 6.23 Å². The van der Waals surface area contributed by atoms with Crippen LogP contribution in [0.4, 0.5) is 0 Å². The third-order valence-electron chi connectivity index (χ3n) is 9.28. The molecule has 10 nitrogen and oxygen atoms in total. The topological polar surface area (TPSA) is 116 Å². The Labute approximate surface area is 215 Å². The number of hydrogen-bond acceptors (Lipinski definition) is 8. The van der Waals surface area contributed by atoms with Crippen LogP contribution in [0.15, 0.2) is 0 Å². The monoisotopic (exact) mass is 506 g/mol. The molecule has 3 heterocycles. The van der Waals surface area contributed by atoms with Crippen LogP contribution >= 0.6 is 0 Å². The van der Waals surface area contributed by atoms with Crippen LogP contribution in [0.1, 0.15) is 77.0 Å². The van der Waals surface area contributed by atoms with E-state index in [1.165, 1.54) is 6.42 Å². The molecule has 6 unspecified atom stereocenters. The normalized spacial score (nSPS) is 39.5. The average Bonchev–Trinajstić information content (AvgIpc) is 3.41. The summed E-state index contributed by atoms with van der Waals surface area (Å²) in [6.45, 7) is 2.52. The minimum absolute atomic E-state index is 0.114. The number of methoxy groups -OCH3 is 1. The molecule has 5 N–H and O–H groups in total. The average molecular weight is 507 g/mol. The third-order valence-corrected chi connectivity index (χ3v) is 9.28. The van der Waals surface area contributed by atoms with Crippen LogP contribution in [0.2, 0.25) is 0 Å². The van der Waals surface area contributed by atoms with Gasteiger partial charge in [-0.3, -0.25) is 30.5 Å². The molecule has 0 aromatic heterocycles. The minimum Gasteiger partial charge on any atom is -0.381 e. The maximum Gasteiger partial charge on any atom is 0.237 e. The van der Waals surface area contributed by atoms with Gasteiger partial charge < -0.3 is 9.64 Å². The zero-order chi connectivity index (χ0) is 24.9. The Hall–Kier alpha value is -1.30. The first-order valence-electron chi connectivity index (χ1n) is 14.4. The summed E-state index contributed by atoms with van der Waals surface area (Å²) in [6, 6.07) is 0. The SMILES string of the molecule is COC1CCC(C2NOC(CCC(=O)N3CCCC(CNC4NNC(=O)C5CCCCC45)C3)N2)CC1. The highest BCUT2D eigenvalue weighted by atomic mass is 16.7. The molecule has 2 aliphatic carbocycles. The molecule has 36 heavy (non-hydrogen) atoms. The second-order valence-corrected chi connectivity index (χ2v) is 11.6. The van der Waals surface area contributed by atoms with Crippen molar-refractivity contribution in [1.29, 1.82) is 0 Å². The number of likely N-dealkylation sites (tertiary alicyclic amines) is 1. The Morgan fingerprint density at radius 2 is 1.94 bits per heavy atom. The predicted octanol–water partition coefficient (Wildman–Crippen LogP) is 1.34. The quantitative estimate of drug-likeness (QED) is 0.335. The molecule has 0 spiro atoms. The fraction of sp³-hybridized carbons (Fsp3) is 0.923. The first-order valence-corrected chi connectivity index (χ1v) is 14.4. The number of hydroxylamine groups is 1. The Balaban J connectivity index is 1.01. The van der Waals surface area contributed by atoms with Gasteiger partial charge in [-0.15, -0.1) is 0 Å². The summed E-state index contributed by atoms with van der Waals surface area (Å²) in [5, 5.41) is 7.23. The number of carbonyl (C=O) groups is 2. The van der Waals surface area contributed by atoms with Crippen LogP contribution in [0, 0.1) is 23.7 Å². The molecule has 0 aromatic carbocycles. The molecule has 6 atom stereocenters. The number of amides is 2. The van der Waals surface area contributed by atoms with Crippen molar-refractivity contribution in [3.8, 4) is 0 Å². The largest absolute Gasteiger partial charge is 0.381 e. The molecule has 5 fully saturated rings. The van der Waals surface area contributed by atoms with E-state index >= 15 is 0 Å². The molecular weight excluding hydrogens is 460 g/mol. The number of nitrogens with zero attached hydrogens (tertiary/aromatic N) is 1. The summed E-state index contributed by atoms with van der Waals surface area (Å²) in [5.41, 5.74) is 9.25. The highest BCUT2D eigenvalue weighted by Crippen LogP contribution is 2.34. The molecular formula is C26H46N6O4. The van der Waals surface area contributed by atoms with E-state index in [9.17, 15) is 9.59 Å². The van der Waals surface area contributed by atoms with Crippen LogP contribution in [-0.4, -0.2) is 68.1 Å². The van der Waals surface area contributed by atoms with Gasteiger partial charge >= 0.3 is 0 Å². The Morgan fingerprint density at radius 1 is 1.11 bits per heavy atom. The second kappa shape index (κ2) is 12.5. The lowest BCUT2D eigenvalue weighted by Crippen LogP contribution is -2.64. The van der Waals surface area contributed by atoms with Gasteiger partial charge in [-0.2, -0.15) is 5.48 Å². The van der Waals surface area contributed by atoms with Gasteiger partial charge in [0, 0.05) is 45.0 Å². The van der Waals surface area contributed by atoms with Crippen molar-refractivity contribution < 1.29 is 19.2 Å². The van der Waals surface area contributed by atoms with Crippen LogP contribution < -0.4 is 27.0 Å². The number of hydrogen-bond donors (Lipinski definition) is 5. The molecule has 3 aliphatic heterocycles. The summed E-state index contributed by atoms with van der Waals surface area (Å²) in [7, 11) is 1.80. The van der Waals surface area contributed by atoms with E-state index in [1.54, 1.807) is 7.11 Å². The number of fused-ring (bicyclic) bond motifs is 1. The lowest BCUT2D eigenvalue weighted by atomic mass is 9.76. The predicted molar refractivity (Wildman–Crippen MR) is 135 cm³/mol. The summed E-state index contributed by atoms with van der Waals surface area (Å²) in [5.74, 6) is 1.85. The van der Waals surface area contributed by atoms with E-state index in [2.05, 4.69) is 27.0 Å². The molecule has 2 amide bonds. The molecule has 0 radical (unpaired) electrons. The summed E-state index contributed by atoms with van der Waals surface area (Å²) < 4.78 is 5.49. The van der Waals surface area contributed by atoms with E-state index in [4.69, 9.17) is 9.57 Å². The van der Waals surface area contributed by atoms with E-state index < -0.39 is 0 Å². The van der Waals surface area contributed by atoms with E-state index in [0.717, 1.165) is 77.4 Å². The van der Waals surface area contributed by atoms with Gasteiger partial charge in [0.2, 0.25) is 11.8 Å². The Kier molecular flexibility index (Phi) is 9.13. The lowest BCUT2D eigenvalue weighted by Gasteiger charge is -2.42. The van der Waals surface area contributed by atoms with Gasteiger partial charge in [0.25, 0.3) is 0 Å². The smallest absolute Gasteiger partial charge is 0.237 e. The van der Waals surface area contributed by atoms with Crippen molar-refractivity contribution >= 4 is 11.8 Å². The molecule has 0 bridgehead atoms. The number of ether oxygens (including phenoxy) is 1. The number of nitrogens with one attached hydrogen (secondary N) is 5. The van der Waals surface area contributed by atoms with Crippen LogP contribution in [0.3, 0.4) is 0 Å². The van der Waals surface area contributed by atoms with Crippen LogP contribution in [0.25, 0.3) is 0 Å². The van der Waals surface area contributed by atoms with E-state index in [0.29, 0.717) is 36.7 Å². The van der Waals surface area contributed by atoms with E-state index in [1.807, 2.05) is 4.90 Å². The molecule has 2 saturated carbocycles. The van der Waals surface area contributed by atoms with Gasteiger partial charge in [-0.25, -0.2) is 5.43 Å². The van der Waals surface area contributed by atoms with Crippen molar-refractivity contribution in [2.24, 2.45) is 23.7 Å². The number of rotatable bonds is 8. The highest BCUT2D eigenvalue weighted by Gasteiger charge is 2.40. The molecule has 5 aliphatic rings. The first-order chi connectivity index (χ1) is 17.6. The number of hydrazine groups is 1. The maximum absolute atomic E-state index is 13.0. The van der Waals surface area contributed by atoms with E-state index in [-0.39, 0.29) is 36.3 Å². The van der Waals surface area contributed by atoms with Crippen molar-refractivity contribution in [2.45, 2.75) is 102 Å². The summed E-state index contributed by atoms with van der Waals surface area (Å²) >= 11 is 0. The van der Waals surface area contributed by atoms with Crippen molar-refractivity contribution in [3.05, 3.63) is 0 Å². The van der Waals surface area contributed by atoms with Crippen molar-refractivity contribution in [1.82, 2.24) is 31.9 Å². The standard InChI is InChI=1S/C26H46N6O4/c1-35-19-10-8-18(9-11-19)24-28-22(36-31-24)12-13-23(33)32-14-4-5-17(16-32)15-27-25-20-6-2-3-7-21(20)26(34)30-29-25/h17-22,24-25,27-29,31H,2-16H2,1H3,(H,30,34). The maximum atomic E-state index is 13.0. The lowest BCUT2D eigenvalue weighted by molar-refractivity contribution is -0.135. The van der Waals surface area contributed by atoms with Gasteiger partial charge in [-0.1, -0.05) is 12.8 Å². The number of piperidine rings is 1. The van der Waals surface area contributed by atoms with Gasteiger partial charge in [-0.05, 0) is 69.6 Å². The van der Waals surface area contributed by atoms with Crippen LogP contribution in [0.5, 0.6) is 0 Å². The van der Waals surface area contributed by atoms with Gasteiger partial charge in [0.15, 0.2) is 0 Å². The fourth-order valence-electron chi connectivity index (χ4n) is 7.06. The third kappa shape index (κ3) is 6.39. The molecule has 5 rings (SSSR count). The Morgan fingerprint density at radius 3 is 2.78 bits per heavy atom. The molecule has 204 valence electrons. The molecule has 3 saturated heterocycles. The van der Waals surface area contributed by atoms with Gasteiger partial charge in [0.05, 0.1) is 18.4 Å². The Bertz CT molecular complexity index is 748. The fourth-order valence-corrected chi connectivity index (χ4v) is 7.06.